The van der Waals surface area contributed by atoms with E-state index in [4.69, 9.17) is 0 Å². The number of rotatable bonds is 7. The average molecular weight is 427 g/mol. The van der Waals surface area contributed by atoms with E-state index >= 15 is 0 Å². The lowest BCUT2D eigenvalue weighted by Gasteiger charge is -2.25. The second-order valence-corrected chi connectivity index (χ2v) is 8.59. The van der Waals surface area contributed by atoms with Gasteiger partial charge in [0.05, 0.1) is 23.8 Å². The molecule has 0 bridgehead atoms. The zero-order chi connectivity index (χ0) is 21.2. The van der Waals surface area contributed by atoms with E-state index < -0.39 is 29.9 Å². The number of carbonyl (C=O) groups is 1. The molecule has 1 aliphatic carbocycles. The van der Waals surface area contributed by atoms with Crippen LogP contribution in [-0.4, -0.2) is 22.2 Å². The second kappa shape index (κ2) is 8.71. The summed E-state index contributed by atoms with van der Waals surface area (Å²) < 4.78 is 38.2. The molecule has 3 atom stereocenters. The number of aliphatic hydroxyl groups is 1. The minimum absolute atomic E-state index is 0.172. The van der Waals surface area contributed by atoms with Crippen molar-refractivity contribution < 1.29 is 23.1 Å². The van der Waals surface area contributed by atoms with Crippen molar-refractivity contribution in [2.45, 2.75) is 57.5 Å². The highest BCUT2D eigenvalue weighted by atomic mass is 32.1. The Bertz CT molecular complexity index is 834. The number of hydrogen-bond donors (Lipinski definition) is 3. The second-order valence-electron chi connectivity index (χ2n) is 7.32. The molecule has 3 N–H and O–H groups in total. The molecule has 2 amide bonds. The van der Waals surface area contributed by atoms with Crippen LogP contribution in [-0.2, 0) is 6.18 Å². The summed E-state index contributed by atoms with van der Waals surface area (Å²) in [6.07, 6.45) is -1.31. The number of alkyl halides is 3. The highest BCUT2D eigenvalue weighted by Crippen LogP contribution is 2.42. The van der Waals surface area contributed by atoms with Crippen LogP contribution in [0.2, 0.25) is 0 Å². The predicted octanol–water partition coefficient (Wildman–Crippen LogP) is 4.73. The van der Waals surface area contributed by atoms with Gasteiger partial charge < -0.3 is 15.7 Å². The molecule has 1 fully saturated rings. The van der Waals surface area contributed by atoms with Crippen molar-refractivity contribution in [2.75, 3.05) is 0 Å². The number of aliphatic hydroxyl groups excluding tert-OH is 1. The van der Waals surface area contributed by atoms with Crippen LogP contribution in [0, 0.1) is 12.8 Å². The first-order valence-electron chi connectivity index (χ1n) is 9.53. The summed E-state index contributed by atoms with van der Waals surface area (Å²) in [7, 11) is 0. The summed E-state index contributed by atoms with van der Waals surface area (Å²) in [5.41, 5.74) is -0.461. The van der Waals surface area contributed by atoms with E-state index in [0.29, 0.717) is 17.9 Å². The number of thiazole rings is 1. The normalized spacial score (nSPS) is 17.4. The van der Waals surface area contributed by atoms with Crippen LogP contribution in [0.3, 0.4) is 0 Å². The molecule has 1 aromatic heterocycles. The Kier molecular flexibility index (Phi) is 6.48. The minimum atomic E-state index is -4.43. The molecular formula is C20H24F3N3O2S. The molecule has 0 spiro atoms. The van der Waals surface area contributed by atoms with E-state index in [1.54, 1.807) is 24.5 Å². The van der Waals surface area contributed by atoms with Gasteiger partial charge in [-0.05, 0) is 49.8 Å². The zero-order valence-corrected chi connectivity index (χ0v) is 17.0. The van der Waals surface area contributed by atoms with Gasteiger partial charge in [-0.2, -0.15) is 13.2 Å². The van der Waals surface area contributed by atoms with E-state index in [-0.39, 0.29) is 6.04 Å². The maximum Gasteiger partial charge on any atom is 0.416 e. The average Bonchev–Trinajstić information content (AvgIpc) is 3.43. The Morgan fingerprint density at radius 1 is 1.28 bits per heavy atom. The first-order valence-corrected chi connectivity index (χ1v) is 10.3. The molecular weight excluding hydrogens is 403 g/mol. The summed E-state index contributed by atoms with van der Waals surface area (Å²) in [5, 5.41) is 17.1. The third-order valence-corrected chi connectivity index (χ3v) is 6.00. The van der Waals surface area contributed by atoms with Crippen LogP contribution < -0.4 is 10.6 Å². The molecule has 29 heavy (non-hydrogen) atoms. The maximum absolute atomic E-state index is 12.7. The highest BCUT2D eigenvalue weighted by Gasteiger charge is 2.36. The van der Waals surface area contributed by atoms with Gasteiger partial charge in [-0.15, -0.1) is 11.3 Å². The predicted molar refractivity (Wildman–Crippen MR) is 104 cm³/mol. The largest absolute Gasteiger partial charge is 0.416 e. The molecule has 3 unspecified atom stereocenters. The molecule has 1 saturated carbocycles. The molecule has 0 saturated heterocycles. The van der Waals surface area contributed by atoms with E-state index in [1.807, 2.05) is 6.92 Å². The molecule has 158 valence electrons. The third kappa shape index (κ3) is 5.48. The quantitative estimate of drug-likeness (QED) is 0.598. The van der Waals surface area contributed by atoms with E-state index in [2.05, 4.69) is 15.6 Å². The highest BCUT2D eigenvalue weighted by molar-refractivity contribution is 7.11. The lowest BCUT2D eigenvalue weighted by molar-refractivity contribution is -0.137. The number of hydrogen-bond acceptors (Lipinski definition) is 4. The monoisotopic (exact) mass is 427 g/mol. The van der Waals surface area contributed by atoms with Gasteiger partial charge in [0.1, 0.15) is 5.01 Å². The fraction of sp³-hybridized carbons (Fsp3) is 0.500. The van der Waals surface area contributed by atoms with Crippen molar-refractivity contribution in [3.8, 4) is 0 Å². The number of carbonyl (C=O) groups excluding carboxylic acids is 1. The van der Waals surface area contributed by atoms with Crippen molar-refractivity contribution >= 4 is 17.4 Å². The molecule has 1 aromatic carbocycles. The van der Waals surface area contributed by atoms with Gasteiger partial charge in [-0.3, -0.25) is 0 Å². The van der Waals surface area contributed by atoms with Crippen LogP contribution in [0.4, 0.5) is 18.0 Å². The van der Waals surface area contributed by atoms with Crippen LogP contribution >= 0.6 is 11.3 Å². The lowest BCUT2D eigenvalue weighted by atomic mass is 9.99. The van der Waals surface area contributed by atoms with Crippen LogP contribution in [0.15, 0.2) is 30.5 Å². The Hall–Kier alpha value is -2.13. The molecule has 1 heterocycles. The number of urea groups is 1. The minimum Gasteiger partial charge on any atom is -0.386 e. The number of halogens is 3. The lowest BCUT2D eigenvalue weighted by Crippen LogP contribution is -2.46. The van der Waals surface area contributed by atoms with Crippen molar-refractivity contribution in [3.05, 3.63) is 51.5 Å². The van der Waals surface area contributed by atoms with Gasteiger partial charge in [0.2, 0.25) is 0 Å². The number of benzene rings is 1. The first-order chi connectivity index (χ1) is 13.7. The Morgan fingerprint density at radius 2 is 1.93 bits per heavy atom. The van der Waals surface area contributed by atoms with Gasteiger partial charge in [0, 0.05) is 11.1 Å². The van der Waals surface area contributed by atoms with Crippen LogP contribution in [0.5, 0.6) is 0 Å². The number of nitrogens with one attached hydrogen (secondary N) is 2. The van der Waals surface area contributed by atoms with E-state index in [1.165, 1.54) is 12.1 Å². The van der Waals surface area contributed by atoms with Gasteiger partial charge >= 0.3 is 12.2 Å². The molecule has 3 rings (SSSR count). The molecule has 1 aliphatic rings. The number of nitrogens with zero attached hydrogens (tertiary/aromatic N) is 1. The smallest absolute Gasteiger partial charge is 0.386 e. The fourth-order valence-electron chi connectivity index (χ4n) is 3.18. The van der Waals surface area contributed by atoms with Crippen LogP contribution in [0.25, 0.3) is 0 Å². The summed E-state index contributed by atoms with van der Waals surface area (Å²) in [6.45, 7) is 3.75. The maximum atomic E-state index is 12.7. The van der Waals surface area contributed by atoms with Crippen molar-refractivity contribution in [1.82, 2.24) is 15.6 Å². The number of aryl methyl sites for hydroxylation is 1. The van der Waals surface area contributed by atoms with Crippen molar-refractivity contribution in [3.63, 3.8) is 0 Å². The van der Waals surface area contributed by atoms with E-state index in [9.17, 15) is 23.1 Å². The summed E-state index contributed by atoms with van der Waals surface area (Å²) in [4.78, 5) is 18.0. The standard InChI is InChI=1S/C20H24F3N3O2S/c1-3-15(17(27)13-6-8-14(9-7-13)20(21,22)23)25-19(28)26-16(12-4-5-12)18-24-10-11(2)29-18/h6-10,12,15-17,27H,3-5H2,1-2H3,(H2,25,26,28). The third-order valence-electron chi connectivity index (χ3n) is 5.00. The van der Waals surface area contributed by atoms with Gasteiger partial charge in [-0.1, -0.05) is 19.1 Å². The summed E-state index contributed by atoms with van der Waals surface area (Å²) in [5.74, 6) is 0.353. The first kappa shape index (κ1) is 21.6. The van der Waals surface area contributed by atoms with Crippen molar-refractivity contribution in [1.29, 1.82) is 0 Å². The summed E-state index contributed by atoms with van der Waals surface area (Å²) >= 11 is 1.54. The molecule has 2 aromatic rings. The van der Waals surface area contributed by atoms with Gasteiger partial charge in [0.15, 0.2) is 0 Å². The van der Waals surface area contributed by atoms with Gasteiger partial charge in [-0.25, -0.2) is 9.78 Å². The molecule has 0 aliphatic heterocycles. The Morgan fingerprint density at radius 3 is 2.41 bits per heavy atom. The Balaban J connectivity index is 1.64. The molecule has 9 heteroatoms. The number of amides is 2. The SMILES string of the molecule is CCC(NC(=O)NC(c1ncc(C)s1)C1CC1)C(O)c1ccc(C(F)(F)F)cc1. The molecule has 5 nitrogen and oxygen atoms in total. The molecule has 0 radical (unpaired) electrons. The van der Waals surface area contributed by atoms with Gasteiger partial charge in [0.25, 0.3) is 0 Å². The van der Waals surface area contributed by atoms with Crippen molar-refractivity contribution in [2.24, 2.45) is 5.92 Å². The van der Waals surface area contributed by atoms with E-state index in [0.717, 1.165) is 34.9 Å². The van der Waals surface area contributed by atoms with Crippen LogP contribution in [0.1, 0.15) is 59.3 Å². The Labute approximate surface area is 171 Å². The summed E-state index contributed by atoms with van der Waals surface area (Å²) in [6, 6.07) is 3.10. The zero-order valence-electron chi connectivity index (χ0n) is 16.2. The number of aromatic nitrogens is 1. The fourth-order valence-corrected chi connectivity index (χ4v) is 4.10. The topological polar surface area (TPSA) is 74.2 Å².